The zero-order chi connectivity index (χ0) is 18.1. The molecule has 0 radical (unpaired) electrons. The maximum absolute atomic E-state index is 13.9. The van der Waals surface area contributed by atoms with Gasteiger partial charge in [0.25, 0.3) is 5.91 Å². The van der Waals surface area contributed by atoms with Gasteiger partial charge in [-0.05, 0) is 43.7 Å². The molecule has 0 atom stereocenters. The maximum Gasteiger partial charge on any atom is 0.267 e. The molecule has 2 aromatic carbocycles. The largest absolute Gasteiger partial charge is 0.506 e. The summed E-state index contributed by atoms with van der Waals surface area (Å²) >= 11 is 0.894. The number of nitrogens with zero attached hydrogens (tertiary/aromatic N) is 1. The van der Waals surface area contributed by atoms with E-state index in [9.17, 15) is 18.7 Å². The first-order valence-electron chi connectivity index (χ1n) is 7.39. The molecule has 4 nitrogen and oxygen atoms in total. The zero-order valence-corrected chi connectivity index (χ0v) is 14.2. The molecule has 0 spiro atoms. The molecule has 0 unspecified atom stereocenters. The summed E-state index contributed by atoms with van der Waals surface area (Å²) in [5.41, 5.74) is 1.22. The summed E-state index contributed by atoms with van der Waals surface area (Å²) in [6, 6.07) is 8.36. The fraction of sp³-hybridized carbons (Fsp3) is 0.111. The van der Waals surface area contributed by atoms with Gasteiger partial charge in [-0.3, -0.25) is 4.79 Å². The van der Waals surface area contributed by atoms with Crippen LogP contribution in [-0.4, -0.2) is 16.0 Å². The standard InChI is InChI=1S/C18H14F2N2O2S/c1-9-6-7-14(23)13(8-9)22-17(24)16-10(2)21-18(25-16)15-11(19)4-3-5-12(15)20/h3-8,23H,1-2H3,(H,22,24). The topological polar surface area (TPSA) is 62.2 Å². The van der Waals surface area contributed by atoms with Gasteiger partial charge < -0.3 is 10.4 Å². The van der Waals surface area contributed by atoms with E-state index in [2.05, 4.69) is 10.3 Å². The van der Waals surface area contributed by atoms with Crippen LogP contribution in [0.2, 0.25) is 0 Å². The van der Waals surface area contributed by atoms with E-state index in [0.29, 0.717) is 5.69 Å². The highest BCUT2D eigenvalue weighted by Gasteiger charge is 2.21. The van der Waals surface area contributed by atoms with Gasteiger partial charge in [0.1, 0.15) is 27.3 Å². The van der Waals surface area contributed by atoms with Crippen molar-refractivity contribution in [2.24, 2.45) is 0 Å². The summed E-state index contributed by atoms with van der Waals surface area (Å²) in [6.45, 7) is 3.41. The van der Waals surface area contributed by atoms with Crippen LogP contribution in [0.4, 0.5) is 14.5 Å². The van der Waals surface area contributed by atoms with Gasteiger partial charge in [0.05, 0.1) is 16.9 Å². The van der Waals surface area contributed by atoms with Crippen molar-refractivity contribution in [3.63, 3.8) is 0 Å². The molecule has 1 amide bonds. The number of benzene rings is 2. The van der Waals surface area contributed by atoms with E-state index < -0.39 is 17.5 Å². The van der Waals surface area contributed by atoms with Crippen molar-refractivity contribution >= 4 is 22.9 Å². The smallest absolute Gasteiger partial charge is 0.267 e. The van der Waals surface area contributed by atoms with Gasteiger partial charge in [-0.25, -0.2) is 13.8 Å². The van der Waals surface area contributed by atoms with Crippen molar-refractivity contribution in [1.29, 1.82) is 0 Å². The second-order valence-electron chi connectivity index (χ2n) is 5.50. The Morgan fingerprint density at radius 2 is 1.84 bits per heavy atom. The number of phenolic OH excluding ortho intramolecular Hbond substituents is 1. The number of carbonyl (C=O) groups is 1. The van der Waals surface area contributed by atoms with Gasteiger partial charge in [-0.15, -0.1) is 11.3 Å². The summed E-state index contributed by atoms with van der Waals surface area (Å²) in [7, 11) is 0. The fourth-order valence-electron chi connectivity index (χ4n) is 2.35. The van der Waals surface area contributed by atoms with Crippen molar-refractivity contribution in [1.82, 2.24) is 4.98 Å². The molecule has 3 aromatic rings. The van der Waals surface area contributed by atoms with Crippen molar-refractivity contribution in [3.05, 3.63) is 64.2 Å². The minimum Gasteiger partial charge on any atom is -0.506 e. The third kappa shape index (κ3) is 3.36. The minimum atomic E-state index is -0.739. The summed E-state index contributed by atoms with van der Waals surface area (Å²) in [5, 5.41) is 12.5. The van der Waals surface area contributed by atoms with E-state index in [-0.39, 0.29) is 26.9 Å². The van der Waals surface area contributed by atoms with Crippen molar-refractivity contribution in [2.75, 3.05) is 5.32 Å². The molecule has 128 valence electrons. The highest BCUT2D eigenvalue weighted by molar-refractivity contribution is 7.17. The predicted molar refractivity (Wildman–Crippen MR) is 93.0 cm³/mol. The Morgan fingerprint density at radius 3 is 2.52 bits per heavy atom. The summed E-state index contributed by atoms with van der Waals surface area (Å²) in [4.78, 5) is 16.8. The van der Waals surface area contributed by atoms with Gasteiger partial charge in [-0.1, -0.05) is 12.1 Å². The molecule has 0 aliphatic rings. The number of aromatic nitrogens is 1. The van der Waals surface area contributed by atoms with Crippen LogP contribution in [0.1, 0.15) is 20.9 Å². The number of hydrogen-bond donors (Lipinski definition) is 2. The molecule has 0 aliphatic heterocycles. The number of amides is 1. The average Bonchev–Trinajstić information content (AvgIpc) is 2.92. The van der Waals surface area contributed by atoms with Crippen LogP contribution in [-0.2, 0) is 0 Å². The Morgan fingerprint density at radius 1 is 1.16 bits per heavy atom. The normalized spacial score (nSPS) is 10.7. The second kappa shape index (κ2) is 6.60. The van der Waals surface area contributed by atoms with E-state index in [1.54, 1.807) is 19.1 Å². The number of nitrogens with one attached hydrogen (secondary N) is 1. The molecule has 2 N–H and O–H groups in total. The Kier molecular flexibility index (Phi) is 4.50. The summed E-state index contributed by atoms with van der Waals surface area (Å²) < 4.78 is 27.8. The van der Waals surface area contributed by atoms with Crippen LogP contribution < -0.4 is 5.32 Å². The lowest BCUT2D eigenvalue weighted by Gasteiger charge is -2.07. The number of aryl methyl sites for hydroxylation is 2. The number of hydrogen-bond acceptors (Lipinski definition) is 4. The molecule has 0 fully saturated rings. The number of aromatic hydroxyl groups is 1. The molecule has 25 heavy (non-hydrogen) atoms. The third-order valence-electron chi connectivity index (χ3n) is 3.58. The fourth-order valence-corrected chi connectivity index (χ4v) is 3.36. The Balaban J connectivity index is 1.95. The Hall–Kier alpha value is -2.80. The molecule has 3 rings (SSSR count). The molecular weight excluding hydrogens is 346 g/mol. The number of carbonyl (C=O) groups excluding carboxylic acids is 1. The van der Waals surface area contributed by atoms with E-state index in [1.165, 1.54) is 12.1 Å². The first-order valence-corrected chi connectivity index (χ1v) is 8.21. The van der Waals surface area contributed by atoms with Gasteiger partial charge >= 0.3 is 0 Å². The highest BCUT2D eigenvalue weighted by atomic mass is 32.1. The SMILES string of the molecule is Cc1ccc(O)c(NC(=O)c2sc(-c3c(F)cccc3F)nc2C)c1. The lowest BCUT2D eigenvalue weighted by Crippen LogP contribution is -2.11. The first kappa shape index (κ1) is 17.0. The molecule has 0 bridgehead atoms. The van der Waals surface area contributed by atoms with Crippen LogP contribution in [0.5, 0.6) is 5.75 Å². The van der Waals surface area contributed by atoms with E-state index >= 15 is 0 Å². The zero-order valence-electron chi connectivity index (χ0n) is 13.4. The minimum absolute atomic E-state index is 0.0681. The second-order valence-corrected chi connectivity index (χ2v) is 6.50. The number of anilines is 1. The highest BCUT2D eigenvalue weighted by Crippen LogP contribution is 2.33. The molecule has 1 heterocycles. The molecule has 7 heteroatoms. The number of halogens is 2. The average molecular weight is 360 g/mol. The summed E-state index contributed by atoms with van der Waals surface area (Å²) in [6.07, 6.45) is 0. The van der Waals surface area contributed by atoms with Gasteiger partial charge in [-0.2, -0.15) is 0 Å². The van der Waals surface area contributed by atoms with Crippen molar-refractivity contribution in [2.45, 2.75) is 13.8 Å². The molecule has 1 aromatic heterocycles. The van der Waals surface area contributed by atoms with Crippen LogP contribution in [0.25, 0.3) is 10.6 Å². The van der Waals surface area contributed by atoms with E-state index in [4.69, 9.17) is 0 Å². The van der Waals surface area contributed by atoms with Crippen molar-refractivity contribution < 1.29 is 18.7 Å². The quantitative estimate of drug-likeness (QED) is 0.668. The molecular formula is C18H14F2N2O2S. The van der Waals surface area contributed by atoms with Crippen LogP contribution in [0.3, 0.4) is 0 Å². The Labute approximate surface area is 146 Å². The predicted octanol–water partition coefficient (Wildman–Crippen LogP) is 4.66. The summed E-state index contributed by atoms with van der Waals surface area (Å²) in [5.74, 6) is -2.05. The van der Waals surface area contributed by atoms with Gasteiger partial charge in [0, 0.05) is 0 Å². The van der Waals surface area contributed by atoms with Gasteiger partial charge in [0.2, 0.25) is 0 Å². The van der Waals surface area contributed by atoms with Crippen LogP contribution >= 0.6 is 11.3 Å². The van der Waals surface area contributed by atoms with E-state index in [1.807, 2.05) is 6.92 Å². The number of phenols is 1. The number of thiazole rings is 1. The van der Waals surface area contributed by atoms with Gasteiger partial charge in [0.15, 0.2) is 0 Å². The lowest BCUT2D eigenvalue weighted by molar-refractivity contribution is 0.102. The first-order chi connectivity index (χ1) is 11.9. The molecule has 0 aliphatic carbocycles. The lowest BCUT2D eigenvalue weighted by atomic mass is 10.2. The van der Waals surface area contributed by atoms with E-state index in [0.717, 1.165) is 29.0 Å². The number of rotatable bonds is 3. The molecule has 0 saturated carbocycles. The maximum atomic E-state index is 13.9. The Bertz CT molecular complexity index is 949. The van der Waals surface area contributed by atoms with Crippen LogP contribution in [0.15, 0.2) is 36.4 Å². The van der Waals surface area contributed by atoms with Crippen molar-refractivity contribution in [3.8, 4) is 16.3 Å². The monoisotopic (exact) mass is 360 g/mol. The third-order valence-corrected chi connectivity index (χ3v) is 4.75. The molecule has 0 saturated heterocycles. The van der Waals surface area contributed by atoms with Crippen LogP contribution in [0, 0.1) is 25.5 Å².